The maximum Gasteiger partial charge on any atom is 0.225 e. The van der Waals surface area contributed by atoms with E-state index in [1.807, 2.05) is 0 Å². The number of carbonyl (C=O) groups excluding carboxylic acids is 1. The molecule has 0 radical (unpaired) electrons. The zero-order valence-electron chi connectivity index (χ0n) is 7.95. The first-order chi connectivity index (χ1) is 5.52. The summed E-state index contributed by atoms with van der Waals surface area (Å²) < 4.78 is 0. The highest BCUT2D eigenvalue weighted by Gasteiger charge is 2.40. The number of hydrogen-bond donors (Lipinski definition) is 1. The lowest BCUT2D eigenvalue weighted by atomic mass is 10.3. The van der Waals surface area contributed by atoms with Crippen LogP contribution in [-0.4, -0.2) is 35.6 Å². The fraction of sp³-hybridized carbons (Fsp3) is 0.889. The van der Waals surface area contributed by atoms with E-state index in [4.69, 9.17) is 5.11 Å². The molecule has 1 amide bonds. The molecule has 0 aromatic rings. The van der Waals surface area contributed by atoms with Crippen LogP contribution in [-0.2, 0) is 4.79 Å². The second-order valence-electron chi connectivity index (χ2n) is 3.89. The van der Waals surface area contributed by atoms with E-state index in [1.165, 1.54) is 0 Å². The van der Waals surface area contributed by atoms with Gasteiger partial charge in [-0.15, -0.1) is 0 Å². The van der Waals surface area contributed by atoms with Gasteiger partial charge in [-0.1, -0.05) is 6.92 Å². The first kappa shape index (κ1) is 9.52. The number of carbonyl (C=O) groups is 1. The zero-order valence-corrected chi connectivity index (χ0v) is 7.95. The van der Waals surface area contributed by atoms with Crippen LogP contribution < -0.4 is 0 Å². The quantitative estimate of drug-likeness (QED) is 0.671. The van der Waals surface area contributed by atoms with Gasteiger partial charge in [-0.25, -0.2) is 0 Å². The molecule has 0 aromatic carbocycles. The molecule has 1 aliphatic carbocycles. The molecule has 1 saturated carbocycles. The standard InChI is InChI=1S/C9H17NO2/c1-6-4-8(6)9(12)10(3)5-7(2)11/h6-8,11H,4-5H2,1-3H3. The largest absolute Gasteiger partial charge is 0.392 e. The molecular weight excluding hydrogens is 154 g/mol. The van der Waals surface area contributed by atoms with Crippen molar-refractivity contribution in [1.29, 1.82) is 0 Å². The van der Waals surface area contributed by atoms with Crippen molar-refractivity contribution < 1.29 is 9.90 Å². The van der Waals surface area contributed by atoms with Gasteiger partial charge in [-0.3, -0.25) is 4.79 Å². The van der Waals surface area contributed by atoms with Crippen molar-refractivity contribution in [3.63, 3.8) is 0 Å². The first-order valence-corrected chi connectivity index (χ1v) is 4.45. The third-order valence-corrected chi connectivity index (χ3v) is 2.34. The van der Waals surface area contributed by atoms with Crippen LogP contribution >= 0.6 is 0 Å². The lowest BCUT2D eigenvalue weighted by Gasteiger charge is -2.18. The maximum atomic E-state index is 11.5. The smallest absolute Gasteiger partial charge is 0.225 e. The average molecular weight is 171 g/mol. The Morgan fingerprint density at radius 2 is 2.25 bits per heavy atom. The van der Waals surface area contributed by atoms with E-state index in [9.17, 15) is 4.79 Å². The summed E-state index contributed by atoms with van der Waals surface area (Å²) in [5, 5.41) is 9.05. The lowest BCUT2D eigenvalue weighted by Crippen LogP contribution is -2.34. The first-order valence-electron chi connectivity index (χ1n) is 4.45. The van der Waals surface area contributed by atoms with Crippen molar-refractivity contribution in [2.45, 2.75) is 26.4 Å². The van der Waals surface area contributed by atoms with Gasteiger partial charge in [0, 0.05) is 19.5 Å². The van der Waals surface area contributed by atoms with E-state index in [-0.39, 0.29) is 11.8 Å². The number of hydrogen-bond acceptors (Lipinski definition) is 2. The Bertz CT molecular complexity index is 179. The van der Waals surface area contributed by atoms with Crippen molar-refractivity contribution in [3.05, 3.63) is 0 Å². The highest BCUT2D eigenvalue weighted by atomic mass is 16.3. The van der Waals surface area contributed by atoms with Crippen molar-refractivity contribution in [1.82, 2.24) is 4.90 Å². The summed E-state index contributed by atoms with van der Waals surface area (Å²) in [4.78, 5) is 13.1. The molecule has 3 atom stereocenters. The predicted octanol–water partition coefficient (Wildman–Crippen LogP) is 0.482. The molecule has 0 bridgehead atoms. The van der Waals surface area contributed by atoms with E-state index < -0.39 is 6.10 Å². The Hall–Kier alpha value is -0.570. The number of amides is 1. The summed E-state index contributed by atoms with van der Waals surface area (Å²) in [6, 6.07) is 0. The van der Waals surface area contributed by atoms with Crippen molar-refractivity contribution in [3.8, 4) is 0 Å². The van der Waals surface area contributed by atoms with E-state index in [2.05, 4.69) is 6.92 Å². The van der Waals surface area contributed by atoms with Crippen LogP contribution in [0.5, 0.6) is 0 Å². The number of rotatable bonds is 3. The molecule has 3 unspecified atom stereocenters. The van der Waals surface area contributed by atoms with Crippen LogP contribution in [0.2, 0.25) is 0 Å². The van der Waals surface area contributed by atoms with Crippen LogP contribution in [0.15, 0.2) is 0 Å². The van der Waals surface area contributed by atoms with Gasteiger partial charge in [-0.2, -0.15) is 0 Å². The Morgan fingerprint density at radius 3 is 2.58 bits per heavy atom. The lowest BCUT2D eigenvalue weighted by molar-refractivity contribution is -0.132. The van der Waals surface area contributed by atoms with E-state index in [1.54, 1.807) is 18.9 Å². The minimum Gasteiger partial charge on any atom is -0.392 e. The third-order valence-electron chi connectivity index (χ3n) is 2.34. The number of likely N-dealkylation sites (N-methyl/N-ethyl adjacent to an activating group) is 1. The molecule has 0 aromatic heterocycles. The Labute approximate surface area is 73.4 Å². The Morgan fingerprint density at radius 1 is 1.75 bits per heavy atom. The second-order valence-corrected chi connectivity index (χ2v) is 3.89. The number of aliphatic hydroxyl groups excluding tert-OH is 1. The minimum absolute atomic E-state index is 0.184. The highest BCUT2D eigenvalue weighted by Crippen LogP contribution is 2.38. The van der Waals surface area contributed by atoms with Crippen LogP contribution in [0.1, 0.15) is 20.3 Å². The van der Waals surface area contributed by atoms with Gasteiger partial charge >= 0.3 is 0 Å². The van der Waals surface area contributed by atoms with E-state index in [0.717, 1.165) is 6.42 Å². The zero-order chi connectivity index (χ0) is 9.30. The molecule has 3 nitrogen and oxygen atoms in total. The molecule has 0 spiro atoms. The average Bonchev–Trinajstić information content (AvgIpc) is 2.64. The van der Waals surface area contributed by atoms with E-state index >= 15 is 0 Å². The fourth-order valence-electron chi connectivity index (χ4n) is 1.44. The van der Waals surface area contributed by atoms with Gasteiger partial charge in [-0.05, 0) is 19.3 Å². The van der Waals surface area contributed by atoms with Gasteiger partial charge in [0.15, 0.2) is 0 Å². The molecule has 0 saturated heterocycles. The summed E-state index contributed by atoms with van der Waals surface area (Å²) in [6.07, 6.45) is 0.594. The van der Waals surface area contributed by atoms with Gasteiger partial charge in [0.25, 0.3) is 0 Å². The summed E-state index contributed by atoms with van der Waals surface area (Å²) in [6.45, 7) is 4.22. The third kappa shape index (κ3) is 2.21. The molecular formula is C9H17NO2. The van der Waals surface area contributed by atoms with Gasteiger partial charge in [0.05, 0.1) is 6.10 Å². The molecule has 1 aliphatic rings. The minimum atomic E-state index is -0.423. The summed E-state index contributed by atoms with van der Waals surface area (Å²) in [7, 11) is 1.75. The van der Waals surface area contributed by atoms with Crippen molar-refractivity contribution in [2.24, 2.45) is 11.8 Å². The van der Waals surface area contributed by atoms with Crippen LogP contribution in [0.3, 0.4) is 0 Å². The Balaban J connectivity index is 2.32. The molecule has 3 heteroatoms. The van der Waals surface area contributed by atoms with E-state index in [0.29, 0.717) is 12.5 Å². The van der Waals surface area contributed by atoms with Gasteiger partial charge < -0.3 is 10.0 Å². The maximum absolute atomic E-state index is 11.5. The SMILES string of the molecule is CC(O)CN(C)C(=O)C1CC1C. The summed E-state index contributed by atoms with van der Waals surface area (Å²) in [5.74, 6) is 0.964. The normalized spacial score (nSPS) is 29.7. The molecule has 1 rings (SSSR count). The fourth-order valence-corrected chi connectivity index (χ4v) is 1.44. The molecule has 70 valence electrons. The number of aliphatic hydroxyl groups is 1. The summed E-state index contributed by atoms with van der Waals surface area (Å²) in [5.41, 5.74) is 0. The van der Waals surface area contributed by atoms with Gasteiger partial charge in [0.1, 0.15) is 0 Å². The van der Waals surface area contributed by atoms with Gasteiger partial charge in [0.2, 0.25) is 5.91 Å². The molecule has 0 aliphatic heterocycles. The number of nitrogens with zero attached hydrogens (tertiary/aromatic N) is 1. The summed E-state index contributed by atoms with van der Waals surface area (Å²) >= 11 is 0. The highest BCUT2D eigenvalue weighted by molar-refractivity contribution is 5.81. The monoisotopic (exact) mass is 171 g/mol. The van der Waals surface area contributed by atoms with Crippen molar-refractivity contribution >= 4 is 5.91 Å². The Kier molecular flexibility index (Phi) is 2.73. The van der Waals surface area contributed by atoms with Crippen molar-refractivity contribution in [2.75, 3.05) is 13.6 Å². The van der Waals surface area contributed by atoms with Crippen LogP contribution in [0.4, 0.5) is 0 Å². The topological polar surface area (TPSA) is 40.5 Å². The predicted molar refractivity (Wildman–Crippen MR) is 46.6 cm³/mol. The molecule has 1 fully saturated rings. The van der Waals surface area contributed by atoms with Crippen LogP contribution in [0, 0.1) is 11.8 Å². The molecule has 0 heterocycles. The molecule has 1 N–H and O–H groups in total. The van der Waals surface area contributed by atoms with Crippen LogP contribution in [0.25, 0.3) is 0 Å². The molecule has 12 heavy (non-hydrogen) atoms. The second kappa shape index (κ2) is 3.44.